The Balaban J connectivity index is 1.95. The number of nitrogens with one attached hydrogen (secondary N) is 1. The van der Waals surface area contributed by atoms with Gasteiger partial charge in [-0.25, -0.2) is 0 Å². The van der Waals surface area contributed by atoms with Gasteiger partial charge in [-0.05, 0) is 43.5 Å². The van der Waals surface area contributed by atoms with Gasteiger partial charge in [-0.2, -0.15) is 0 Å². The maximum Gasteiger partial charge on any atom is 0.0948 e. The lowest BCUT2D eigenvalue weighted by atomic mass is 10.1. The third kappa shape index (κ3) is 2.16. The largest absolute Gasteiger partial charge is 0.380 e. The van der Waals surface area contributed by atoms with Gasteiger partial charge in [0.1, 0.15) is 0 Å². The first-order valence-electron chi connectivity index (χ1n) is 6.29. The van der Waals surface area contributed by atoms with Crippen molar-refractivity contribution in [3.63, 3.8) is 0 Å². The molecule has 1 aromatic heterocycles. The molecule has 0 amide bonds. The predicted octanol–water partition coefficient (Wildman–Crippen LogP) is 3.18. The number of hydrogen-bond acceptors (Lipinski definition) is 3. The van der Waals surface area contributed by atoms with Gasteiger partial charge in [-0.1, -0.05) is 11.6 Å². The highest BCUT2D eigenvalue weighted by atomic mass is 35.5. The molecule has 2 aromatic rings. The second kappa shape index (κ2) is 4.75. The average molecular weight is 262 g/mol. The second-order valence-corrected chi connectivity index (χ2v) is 5.32. The van der Waals surface area contributed by atoms with Crippen LogP contribution in [0.2, 0.25) is 5.02 Å². The molecule has 0 bridgehead atoms. The van der Waals surface area contributed by atoms with Crippen LogP contribution in [0.25, 0.3) is 10.9 Å². The minimum atomic E-state index is 0.328. The summed E-state index contributed by atoms with van der Waals surface area (Å²) in [6.07, 6.45) is 5.04. The van der Waals surface area contributed by atoms with Gasteiger partial charge in [0.25, 0.3) is 0 Å². The fourth-order valence-corrected chi connectivity index (χ4v) is 2.84. The molecule has 1 aliphatic rings. The van der Waals surface area contributed by atoms with E-state index < -0.39 is 0 Å². The highest BCUT2D eigenvalue weighted by Crippen LogP contribution is 2.30. The lowest BCUT2D eigenvalue weighted by molar-refractivity contribution is 0.688. The highest BCUT2D eigenvalue weighted by Gasteiger charge is 2.22. The molecule has 1 saturated carbocycles. The molecule has 1 aromatic carbocycles. The molecule has 3 N–H and O–H groups in total. The standard InChI is InChI=1S/C14H16ClN3/c15-12-5-6-13(14-11(12)2-1-7-17-14)18-10-4-3-9(16)8-10/h1-2,5-7,9-10,18H,3-4,8,16H2. The lowest BCUT2D eigenvalue weighted by Crippen LogP contribution is -2.20. The zero-order chi connectivity index (χ0) is 12.5. The molecule has 1 aliphatic carbocycles. The van der Waals surface area contributed by atoms with Crippen LogP contribution >= 0.6 is 11.6 Å². The van der Waals surface area contributed by atoms with Crippen molar-refractivity contribution in [2.24, 2.45) is 5.73 Å². The molecular weight excluding hydrogens is 246 g/mol. The number of anilines is 1. The van der Waals surface area contributed by atoms with E-state index >= 15 is 0 Å². The van der Waals surface area contributed by atoms with Crippen molar-refractivity contribution in [2.45, 2.75) is 31.3 Å². The summed E-state index contributed by atoms with van der Waals surface area (Å²) in [6, 6.07) is 8.60. The summed E-state index contributed by atoms with van der Waals surface area (Å²) in [5.74, 6) is 0. The molecule has 1 fully saturated rings. The molecule has 94 valence electrons. The Morgan fingerprint density at radius 2 is 2.17 bits per heavy atom. The van der Waals surface area contributed by atoms with Crippen LogP contribution in [0.4, 0.5) is 5.69 Å². The van der Waals surface area contributed by atoms with E-state index in [-0.39, 0.29) is 0 Å². The summed E-state index contributed by atoms with van der Waals surface area (Å²) in [5.41, 5.74) is 7.92. The maximum atomic E-state index is 6.18. The third-order valence-electron chi connectivity index (χ3n) is 3.55. The van der Waals surface area contributed by atoms with Gasteiger partial charge in [0.05, 0.1) is 16.2 Å². The van der Waals surface area contributed by atoms with Crippen LogP contribution in [0.1, 0.15) is 19.3 Å². The van der Waals surface area contributed by atoms with Gasteiger partial charge < -0.3 is 11.1 Å². The van der Waals surface area contributed by atoms with Gasteiger partial charge in [0.15, 0.2) is 0 Å². The summed E-state index contributed by atoms with van der Waals surface area (Å²) < 4.78 is 0. The topological polar surface area (TPSA) is 50.9 Å². The van der Waals surface area contributed by atoms with Crippen molar-refractivity contribution in [1.82, 2.24) is 4.98 Å². The summed E-state index contributed by atoms with van der Waals surface area (Å²) in [5, 5.41) is 5.27. The number of halogens is 1. The van der Waals surface area contributed by atoms with Crippen molar-refractivity contribution in [3.8, 4) is 0 Å². The van der Waals surface area contributed by atoms with E-state index in [2.05, 4.69) is 10.3 Å². The number of fused-ring (bicyclic) bond motifs is 1. The fraction of sp³-hybridized carbons (Fsp3) is 0.357. The Hall–Kier alpha value is -1.32. The maximum absolute atomic E-state index is 6.18. The lowest BCUT2D eigenvalue weighted by Gasteiger charge is -2.15. The number of pyridine rings is 1. The molecule has 0 spiro atoms. The van der Waals surface area contributed by atoms with E-state index in [0.29, 0.717) is 12.1 Å². The number of rotatable bonds is 2. The summed E-state index contributed by atoms with van der Waals surface area (Å²) in [6.45, 7) is 0. The first kappa shape index (κ1) is 11.8. The van der Waals surface area contributed by atoms with Crippen LogP contribution in [0.15, 0.2) is 30.5 Å². The minimum absolute atomic E-state index is 0.328. The van der Waals surface area contributed by atoms with Crippen LogP contribution < -0.4 is 11.1 Å². The van der Waals surface area contributed by atoms with Crippen molar-refractivity contribution >= 4 is 28.2 Å². The van der Waals surface area contributed by atoms with E-state index in [1.54, 1.807) is 6.20 Å². The number of nitrogens with zero attached hydrogens (tertiary/aromatic N) is 1. The molecule has 2 atom stereocenters. The summed E-state index contributed by atoms with van der Waals surface area (Å²) in [7, 11) is 0. The summed E-state index contributed by atoms with van der Waals surface area (Å²) >= 11 is 6.18. The molecule has 3 nitrogen and oxygen atoms in total. The van der Waals surface area contributed by atoms with Gasteiger partial charge in [0.2, 0.25) is 0 Å². The molecular formula is C14H16ClN3. The summed E-state index contributed by atoms with van der Waals surface area (Å²) in [4.78, 5) is 4.42. The van der Waals surface area contributed by atoms with E-state index in [1.165, 1.54) is 0 Å². The van der Waals surface area contributed by atoms with Gasteiger partial charge in [-0.3, -0.25) is 4.98 Å². The Morgan fingerprint density at radius 1 is 1.28 bits per heavy atom. The van der Waals surface area contributed by atoms with Gasteiger partial charge >= 0.3 is 0 Å². The Bertz CT molecular complexity index is 570. The van der Waals surface area contributed by atoms with Crippen molar-refractivity contribution in [1.29, 1.82) is 0 Å². The minimum Gasteiger partial charge on any atom is -0.380 e. The van der Waals surface area contributed by atoms with E-state index in [0.717, 1.165) is 40.9 Å². The molecule has 1 heterocycles. The van der Waals surface area contributed by atoms with Crippen LogP contribution in [0.5, 0.6) is 0 Å². The Kier molecular flexibility index (Phi) is 3.10. The van der Waals surface area contributed by atoms with Crippen molar-refractivity contribution in [3.05, 3.63) is 35.5 Å². The first-order valence-corrected chi connectivity index (χ1v) is 6.67. The molecule has 18 heavy (non-hydrogen) atoms. The zero-order valence-electron chi connectivity index (χ0n) is 10.1. The van der Waals surface area contributed by atoms with Crippen molar-refractivity contribution in [2.75, 3.05) is 5.32 Å². The molecule has 0 saturated heterocycles. The monoisotopic (exact) mass is 261 g/mol. The number of hydrogen-bond donors (Lipinski definition) is 2. The quantitative estimate of drug-likeness (QED) is 0.873. The molecule has 0 radical (unpaired) electrons. The smallest absolute Gasteiger partial charge is 0.0948 e. The number of nitrogens with two attached hydrogens (primary N) is 1. The number of benzene rings is 1. The van der Waals surface area contributed by atoms with E-state index in [4.69, 9.17) is 17.3 Å². The van der Waals surface area contributed by atoms with Crippen molar-refractivity contribution < 1.29 is 0 Å². The molecule has 3 rings (SSSR count). The first-order chi connectivity index (χ1) is 8.74. The molecule has 4 heteroatoms. The Labute approximate surface area is 111 Å². The average Bonchev–Trinajstić information content (AvgIpc) is 2.79. The van der Waals surface area contributed by atoms with Crippen LogP contribution in [0.3, 0.4) is 0 Å². The van der Waals surface area contributed by atoms with E-state index in [9.17, 15) is 0 Å². The van der Waals surface area contributed by atoms with Crippen LogP contribution in [0, 0.1) is 0 Å². The third-order valence-corrected chi connectivity index (χ3v) is 3.88. The zero-order valence-corrected chi connectivity index (χ0v) is 10.8. The number of aromatic nitrogens is 1. The normalized spacial score (nSPS) is 23.4. The highest BCUT2D eigenvalue weighted by molar-refractivity contribution is 6.35. The Morgan fingerprint density at radius 3 is 2.94 bits per heavy atom. The van der Waals surface area contributed by atoms with E-state index in [1.807, 2.05) is 24.3 Å². The van der Waals surface area contributed by atoms with Crippen LogP contribution in [-0.4, -0.2) is 17.1 Å². The van der Waals surface area contributed by atoms with Gasteiger partial charge in [-0.15, -0.1) is 0 Å². The molecule has 0 aliphatic heterocycles. The predicted molar refractivity (Wildman–Crippen MR) is 76.0 cm³/mol. The van der Waals surface area contributed by atoms with Gasteiger partial charge in [0, 0.05) is 23.7 Å². The SMILES string of the molecule is NC1CCC(Nc2ccc(Cl)c3cccnc23)C1. The second-order valence-electron chi connectivity index (χ2n) is 4.91. The van der Waals surface area contributed by atoms with Crippen LogP contribution in [-0.2, 0) is 0 Å². The molecule has 2 unspecified atom stereocenters. The fourth-order valence-electron chi connectivity index (χ4n) is 2.62.